The lowest BCUT2D eigenvalue weighted by Crippen LogP contribution is -2.37. The van der Waals surface area contributed by atoms with E-state index < -0.39 is 14.9 Å². The second kappa shape index (κ2) is 6.67. The Hall–Kier alpha value is -1.91. The molecule has 0 N–H and O–H groups in total. The molecule has 2 heterocycles. The molecular weight excluding hydrogens is 376 g/mol. The number of piperidine rings is 1. The number of hydrogen-bond acceptors (Lipinski definition) is 7. The molecule has 2 fully saturated rings. The van der Waals surface area contributed by atoms with Crippen LogP contribution in [0.1, 0.15) is 47.5 Å². The quantitative estimate of drug-likeness (QED) is 0.570. The summed E-state index contributed by atoms with van der Waals surface area (Å²) in [6, 6.07) is 5.21. The van der Waals surface area contributed by atoms with Crippen molar-refractivity contribution in [3.05, 3.63) is 44.4 Å². The zero-order valence-corrected chi connectivity index (χ0v) is 15.6. The van der Waals surface area contributed by atoms with E-state index >= 15 is 0 Å². The first kappa shape index (κ1) is 17.5. The van der Waals surface area contributed by atoms with Gasteiger partial charge in [-0.15, -0.1) is 21.5 Å². The fourth-order valence-electron chi connectivity index (χ4n) is 3.16. The highest BCUT2D eigenvalue weighted by atomic mass is 32.2. The van der Waals surface area contributed by atoms with Crippen molar-refractivity contribution < 1.29 is 13.3 Å². The Morgan fingerprint density at radius 3 is 2.27 bits per heavy atom. The second-order valence-electron chi connectivity index (χ2n) is 6.69. The molecule has 1 saturated heterocycles. The fraction of sp³-hybridized carbons (Fsp3) is 0.500. The Morgan fingerprint density at radius 2 is 1.69 bits per heavy atom. The van der Waals surface area contributed by atoms with Gasteiger partial charge in [-0.1, -0.05) is 6.07 Å². The molecule has 138 valence electrons. The standard InChI is InChI=1S/C16H18N4O4S2/c21-20(22)13-2-1-3-14(10-13)26(23,24)19-8-6-12(7-9-19)16-18-17-15(25-16)11-4-5-11/h1-3,10-12H,4-9H2. The highest BCUT2D eigenvalue weighted by molar-refractivity contribution is 7.89. The number of non-ortho nitro benzene ring substituents is 1. The van der Waals surface area contributed by atoms with Gasteiger partial charge < -0.3 is 0 Å². The molecule has 2 aliphatic rings. The maximum absolute atomic E-state index is 12.8. The molecule has 10 heteroatoms. The number of hydrogen-bond donors (Lipinski definition) is 0. The maximum Gasteiger partial charge on any atom is 0.270 e. The van der Waals surface area contributed by atoms with Crippen LogP contribution in [0.2, 0.25) is 0 Å². The van der Waals surface area contributed by atoms with Crippen molar-refractivity contribution in [3.63, 3.8) is 0 Å². The first-order chi connectivity index (χ1) is 12.4. The third kappa shape index (κ3) is 3.36. The van der Waals surface area contributed by atoms with Gasteiger partial charge >= 0.3 is 0 Å². The molecule has 0 amide bonds. The molecule has 1 aliphatic heterocycles. The summed E-state index contributed by atoms with van der Waals surface area (Å²) in [7, 11) is -3.73. The van der Waals surface area contributed by atoms with E-state index in [9.17, 15) is 18.5 Å². The number of nitro groups is 1. The monoisotopic (exact) mass is 394 g/mol. The molecule has 0 bridgehead atoms. The largest absolute Gasteiger partial charge is 0.270 e. The summed E-state index contributed by atoms with van der Waals surface area (Å²) in [5, 5.41) is 21.6. The van der Waals surface area contributed by atoms with Gasteiger partial charge in [0.2, 0.25) is 10.0 Å². The van der Waals surface area contributed by atoms with Gasteiger partial charge in [-0.3, -0.25) is 10.1 Å². The van der Waals surface area contributed by atoms with Crippen LogP contribution in [0.5, 0.6) is 0 Å². The molecule has 8 nitrogen and oxygen atoms in total. The second-order valence-corrected chi connectivity index (χ2v) is 9.66. The number of sulfonamides is 1. The summed E-state index contributed by atoms with van der Waals surface area (Å²) in [4.78, 5) is 10.3. The molecule has 0 spiro atoms. The summed E-state index contributed by atoms with van der Waals surface area (Å²) in [6.07, 6.45) is 3.75. The molecule has 26 heavy (non-hydrogen) atoms. The summed E-state index contributed by atoms with van der Waals surface area (Å²) in [5.74, 6) is 0.812. The van der Waals surface area contributed by atoms with Crippen LogP contribution in [0.3, 0.4) is 0 Å². The molecule has 1 aromatic heterocycles. The van der Waals surface area contributed by atoms with Crippen molar-refractivity contribution in [1.29, 1.82) is 0 Å². The highest BCUT2D eigenvalue weighted by Gasteiger charge is 2.33. The van der Waals surface area contributed by atoms with Crippen LogP contribution in [-0.2, 0) is 10.0 Å². The van der Waals surface area contributed by atoms with Gasteiger partial charge in [0, 0.05) is 37.1 Å². The van der Waals surface area contributed by atoms with E-state index in [1.165, 1.54) is 35.3 Å². The fourth-order valence-corrected chi connectivity index (χ4v) is 5.85. The van der Waals surface area contributed by atoms with Crippen LogP contribution in [-0.4, -0.2) is 40.9 Å². The van der Waals surface area contributed by atoms with Crippen molar-refractivity contribution in [3.8, 4) is 0 Å². The van der Waals surface area contributed by atoms with Gasteiger partial charge in [-0.25, -0.2) is 8.42 Å². The number of rotatable bonds is 5. The van der Waals surface area contributed by atoms with E-state index in [2.05, 4.69) is 10.2 Å². The van der Waals surface area contributed by atoms with Gasteiger partial charge in [0.25, 0.3) is 5.69 Å². The van der Waals surface area contributed by atoms with Gasteiger partial charge in [0.05, 0.1) is 9.82 Å². The Labute approximate surface area is 155 Å². The average molecular weight is 394 g/mol. The van der Waals surface area contributed by atoms with E-state index in [4.69, 9.17) is 0 Å². The van der Waals surface area contributed by atoms with Crippen LogP contribution in [0, 0.1) is 10.1 Å². The van der Waals surface area contributed by atoms with Crippen molar-refractivity contribution in [1.82, 2.24) is 14.5 Å². The Bertz CT molecular complexity index is 931. The molecule has 0 radical (unpaired) electrons. The minimum atomic E-state index is -3.73. The van der Waals surface area contributed by atoms with Crippen molar-refractivity contribution in [2.75, 3.05) is 13.1 Å². The van der Waals surface area contributed by atoms with E-state index in [-0.39, 0.29) is 16.5 Å². The van der Waals surface area contributed by atoms with E-state index in [0.29, 0.717) is 31.8 Å². The average Bonchev–Trinajstić information content (AvgIpc) is 3.39. The first-order valence-electron chi connectivity index (χ1n) is 8.53. The van der Waals surface area contributed by atoms with Crippen molar-refractivity contribution in [2.45, 2.75) is 42.4 Å². The third-order valence-corrected chi connectivity index (χ3v) is 8.00. The number of nitrogens with zero attached hydrogens (tertiary/aromatic N) is 4. The molecule has 1 aromatic carbocycles. The number of benzene rings is 1. The minimum absolute atomic E-state index is 0.0305. The zero-order valence-electron chi connectivity index (χ0n) is 13.9. The third-order valence-electron chi connectivity index (χ3n) is 4.85. The lowest BCUT2D eigenvalue weighted by molar-refractivity contribution is -0.385. The number of aromatic nitrogens is 2. The highest BCUT2D eigenvalue weighted by Crippen LogP contribution is 2.43. The summed E-state index contributed by atoms with van der Waals surface area (Å²) >= 11 is 1.66. The maximum atomic E-state index is 12.8. The summed E-state index contributed by atoms with van der Waals surface area (Å²) < 4.78 is 27.0. The number of nitro benzene ring substituents is 1. The van der Waals surface area contributed by atoms with Crippen LogP contribution in [0.15, 0.2) is 29.2 Å². The minimum Gasteiger partial charge on any atom is -0.258 e. The molecule has 4 rings (SSSR count). The lowest BCUT2D eigenvalue weighted by atomic mass is 9.99. The molecule has 1 aliphatic carbocycles. The van der Waals surface area contributed by atoms with E-state index in [1.807, 2.05) is 0 Å². The molecule has 1 saturated carbocycles. The van der Waals surface area contributed by atoms with Gasteiger partial charge in [-0.05, 0) is 31.7 Å². The topological polar surface area (TPSA) is 106 Å². The summed E-state index contributed by atoms with van der Waals surface area (Å²) in [6.45, 7) is 0.766. The van der Waals surface area contributed by atoms with Gasteiger partial charge in [0.1, 0.15) is 10.0 Å². The van der Waals surface area contributed by atoms with E-state index in [0.717, 1.165) is 16.1 Å². The predicted molar refractivity (Wildman–Crippen MR) is 95.7 cm³/mol. The molecule has 0 unspecified atom stereocenters. The molecule has 2 aromatic rings. The van der Waals surface area contributed by atoms with Gasteiger partial charge in [0.15, 0.2) is 0 Å². The Balaban J connectivity index is 1.46. The van der Waals surface area contributed by atoms with Crippen LogP contribution >= 0.6 is 11.3 Å². The SMILES string of the molecule is O=[N+]([O-])c1cccc(S(=O)(=O)N2CCC(c3nnc(C4CC4)s3)CC2)c1. The molecular formula is C16H18N4O4S2. The Morgan fingerprint density at radius 1 is 1.08 bits per heavy atom. The summed E-state index contributed by atoms with van der Waals surface area (Å²) in [5.41, 5.74) is -0.220. The first-order valence-corrected chi connectivity index (χ1v) is 10.8. The smallest absolute Gasteiger partial charge is 0.258 e. The van der Waals surface area contributed by atoms with Gasteiger partial charge in [-0.2, -0.15) is 4.31 Å². The van der Waals surface area contributed by atoms with E-state index in [1.54, 1.807) is 11.3 Å². The Kier molecular flexibility index (Phi) is 4.49. The zero-order chi connectivity index (χ0) is 18.3. The van der Waals surface area contributed by atoms with Crippen molar-refractivity contribution in [2.24, 2.45) is 0 Å². The normalized spacial score (nSPS) is 19.5. The van der Waals surface area contributed by atoms with Crippen molar-refractivity contribution >= 4 is 27.0 Å². The van der Waals surface area contributed by atoms with Crippen LogP contribution in [0.4, 0.5) is 5.69 Å². The van der Waals surface area contributed by atoms with Crippen LogP contribution < -0.4 is 0 Å². The predicted octanol–water partition coefficient (Wildman–Crippen LogP) is 2.89. The molecule has 0 atom stereocenters. The van der Waals surface area contributed by atoms with Crippen LogP contribution in [0.25, 0.3) is 0 Å². The lowest BCUT2D eigenvalue weighted by Gasteiger charge is -2.30.